The fraction of sp³-hybridized carbons (Fsp3) is 0.591. The summed E-state index contributed by atoms with van der Waals surface area (Å²) in [6, 6.07) is 6.23. The summed E-state index contributed by atoms with van der Waals surface area (Å²) >= 11 is 1.36. The molecule has 1 aromatic carbocycles. The minimum absolute atomic E-state index is 0.0419. The number of anilines is 1. The van der Waals surface area contributed by atoms with Crippen molar-refractivity contribution in [3.05, 3.63) is 35.2 Å². The van der Waals surface area contributed by atoms with E-state index < -0.39 is 0 Å². The van der Waals surface area contributed by atoms with E-state index in [-0.39, 0.29) is 11.2 Å². The van der Waals surface area contributed by atoms with Crippen molar-refractivity contribution in [2.24, 2.45) is 5.92 Å². The molecule has 4 rings (SSSR count). The maximum Gasteiger partial charge on any atom is 0.237 e. The van der Waals surface area contributed by atoms with E-state index in [2.05, 4.69) is 27.6 Å². The van der Waals surface area contributed by atoms with Crippen molar-refractivity contribution < 1.29 is 4.79 Å². The molecule has 0 unspecified atom stereocenters. The fourth-order valence-electron chi connectivity index (χ4n) is 4.47. The van der Waals surface area contributed by atoms with Crippen molar-refractivity contribution in [2.75, 3.05) is 11.2 Å². The number of aryl methyl sites for hydroxylation is 3. The number of nitrogens with zero attached hydrogens (tertiary/aromatic N) is 3. The van der Waals surface area contributed by atoms with Crippen LogP contribution in [0.25, 0.3) is 0 Å². The summed E-state index contributed by atoms with van der Waals surface area (Å²) in [5, 5.41) is 11.8. The molecule has 2 aliphatic rings. The van der Waals surface area contributed by atoms with Crippen molar-refractivity contribution in [2.45, 2.75) is 81.5 Å². The van der Waals surface area contributed by atoms with E-state index in [1.54, 1.807) is 4.68 Å². The van der Waals surface area contributed by atoms with Crippen molar-refractivity contribution in [1.82, 2.24) is 14.9 Å². The molecule has 29 heavy (non-hydrogen) atoms. The Morgan fingerprint density at radius 2 is 2.00 bits per heavy atom. The summed E-state index contributed by atoms with van der Waals surface area (Å²) in [6.07, 6.45) is 12.1. The highest BCUT2D eigenvalue weighted by Gasteiger charge is 2.21. The molecule has 3 N–H and O–H groups in total. The molecular weight excluding hydrogens is 382 g/mol. The number of rotatable bonds is 7. The molecule has 0 spiro atoms. The van der Waals surface area contributed by atoms with Crippen LogP contribution in [0.3, 0.4) is 0 Å². The van der Waals surface area contributed by atoms with Gasteiger partial charge in [0.25, 0.3) is 0 Å². The Kier molecular flexibility index (Phi) is 6.43. The number of hydrogen-bond donors (Lipinski definition) is 2. The molecule has 0 saturated heterocycles. The van der Waals surface area contributed by atoms with Gasteiger partial charge in [-0.1, -0.05) is 49.9 Å². The molecule has 1 aromatic heterocycles. The van der Waals surface area contributed by atoms with Gasteiger partial charge in [0.15, 0.2) is 5.82 Å². The van der Waals surface area contributed by atoms with Gasteiger partial charge in [0.1, 0.15) is 0 Å². The van der Waals surface area contributed by atoms with Gasteiger partial charge in [-0.2, -0.15) is 0 Å². The first-order chi connectivity index (χ1) is 14.1. The number of carbonyl (C=O) groups excluding carboxylic acids is 1. The Bertz CT molecular complexity index is 859. The first kappa shape index (κ1) is 20.3. The van der Waals surface area contributed by atoms with E-state index in [1.165, 1.54) is 61.4 Å². The summed E-state index contributed by atoms with van der Waals surface area (Å²) < 4.78 is 1.56. The van der Waals surface area contributed by atoms with Crippen molar-refractivity contribution in [3.63, 3.8) is 0 Å². The number of nitrogen functional groups attached to an aromatic ring is 1. The number of hydrogen-bond acceptors (Lipinski definition) is 5. The number of thioether (sulfide) groups is 1. The third-order valence-electron chi connectivity index (χ3n) is 6.25. The number of amides is 1. The predicted octanol–water partition coefficient (Wildman–Crippen LogP) is 4.11. The maximum atomic E-state index is 12.6. The van der Waals surface area contributed by atoms with Crippen LogP contribution in [-0.4, -0.2) is 26.0 Å². The molecule has 0 radical (unpaired) electrons. The van der Waals surface area contributed by atoms with Gasteiger partial charge in [-0.3, -0.25) is 4.79 Å². The number of carbonyl (C=O) groups is 1. The zero-order chi connectivity index (χ0) is 20.2. The van der Waals surface area contributed by atoms with Gasteiger partial charge in [-0.05, 0) is 61.8 Å². The summed E-state index contributed by atoms with van der Waals surface area (Å²) in [7, 11) is 0. The van der Waals surface area contributed by atoms with Crippen LogP contribution in [0.4, 0.5) is 5.69 Å². The SMILES string of the molecule is C[C@H](Sc1nnc(CCC2CCCCC2)n1N)C(=O)Nc1ccc2c(c1)CCC2. The normalized spacial score (nSPS) is 17.8. The predicted molar refractivity (Wildman–Crippen MR) is 117 cm³/mol. The third kappa shape index (κ3) is 4.94. The molecule has 0 bridgehead atoms. The van der Waals surface area contributed by atoms with Crippen LogP contribution in [0.15, 0.2) is 23.4 Å². The Hall–Kier alpha value is -2.02. The van der Waals surface area contributed by atoms with E-state index >= 15 is 0 Å². The second-order valence-electron chi connectivity index (χ2n) is 8.40. The zero-order valence-corrected chi connectivity index (χ0v) is 18.0. The van der Waals surface area contributed by atoms with Gasteiger partial charge >= 0.3 is 0 Å². The van der Waals surface area contributed by atoms with E-state index in [0.717, 1.165) is 43.1 Å². The van der Waals surface area contributed by atoms with Gasteiger partial charge in [0.05, 0.1) is 5.25 Å². The highest BCUT2D eigenvalue weighted by molar-refractivity contribution is 8.00. The second kappa shape index (κ2) is 9.20. The minimum Gasteiger partial charge on any atom is -0.336 e. The van der Waals surface area contributed by atoms with Crippen LogP contribution in [0.5, 0.6) is 0 Å². The largest absolute Gasteiger partial charge is 0.336 e. The van der Waals surface area contributed by atoms with Gasteiger partial charge in [0.2, 0.25) is 11.1 Å². The number of fused-ring (bicyclic) bond motifs is 1. The summed E-state index contributed by atoms with van der Waals surface area (Å²) in [6.45, 7) is 1.88. The van der Waals surface area contributed by atoms with Crippen LogP contribution in [-0.2, 0) is 24.1 Å². The molecule has 1 atom stereocenters. The molecule has 2 aliphatic carbocycles. The quantitative estimate of drug-likeness (QED) is 0.527. The summed E-state index contributed by atoms with van der Waals surface area (Å²) in [5.74, 6) is 7.77. The lowest BCUT2D eigenvalue weighted by atomic mass is 9.86. The average Bonchev–Trinajstić information content (AvgIpc) is 3.34. The molecule has 1 amide bonds. The second-order valence-corrected chi connectivity index (χ2v) is 9.71. The van der Waals surface area contributed by atoms with Gasteiger partial charge in [0, 0.05) is 12.1 Å². The molecule has 156 valence electrons. The highest BCUT2D eigenvalue weighted by atomic mass is 32.2. The first-order valence-electron chi connectivity index (χ1n) is 10.9. The summed E-state index contributed by atoms with van der Waals surface area (Å²) in [4.78, 5) is 12.6. The smallest absolute Gasteiger partial charge is 0.237 e. The van der Waals surface area contributed by atoms with Crippen LogP contribution >= 0.6 is 11.8 Å². The Morgan fingerprint density at radius 3 is 2.83 bits per heavy atom. The van der Waals surface area contributed by atoms with E-state index in [0.29, 0.717) is 5.16 Å². The van der Waals surface area contributed by atoms with Gasteiger partial charge in [-0.25, -0.2) is 4.68 Å². The zero-order valence-electron chi connectivity index (χ0n) is 17.2. The van der Waals surface area contributed by atoms with Crippen molar-refractivity contribution in [3.8, 4) is 0 Å². The number of aromatic nitrogens is 3. The Morgan fingerprint density at radius 1 is 1.21 bits per heavy atom. The fourth-order valence-corrected chi connectivity index (χ4v) is 5.26. The standard InChI is InChI=1S/C22H31N5OS/c1-15(21(28)24-19-12-11-17-8-5-9-18(17)14-19)29-22-26-25-20(27(22)23)13-10-16-6-3-2-4-7-16/h11-12,14-16H,2-10,13,23H2,1H3,(H,24,28)/t15-/m0/s1. The molecule has 1 saturated carbocycles. The topological polar surface area (TPSA) is 85.8 Å². The van der Waals surface area contributed by atoms with Crippen LogP contribution in [0.1, 0.15) is 68.8 Å². The lowest BCUT2D eigenvalue weighted by Gasteiger charge is -2.20. The Balaban J connectivity index is 1.31. The number of nitrogens with one attached hydrogen (secondary N) is 1. The number of benzene rings is 1. The van der Waals surface area contributed by atoms with Crippen molar-refractivity contribution >= 4 is 23.4 Å². The molecular formula is C22H31N5OS. The van der Waals surface area contributed by atoms with Gasteiger partial charge < -0.3 is 11.2 Å². The van der Waals surface area contributed by atoms with E-state index in [9.17, 15) is 4.79 Å². The highest BCUT2D eigenvalue weighted by Crippen LogP contribution is 2.29. The summed E-state index contributed by atoms with van der Waals surface area (Å²) in [5.41, 5.74) is 3.63. The first-order valence-corrected chi connectivity index (χ1v) is 11.8. The maximum absolute atomic E-state index is 12.6. The van der Waals surface area contributed by atoms with Crippen molar-refractivity contribution in [1.29, 1.82) is 0 Å². The molecule has 1 fully saturated rings. The van der Waals surface area contributed by atoms with E-state index in [4.69, 9.17) is 5.84 Å². The lowest BCUT2D eigenvalue weighted by molar-refractivity contribution is -0.115. The third-order valence-corrected chi connectivity index (χ3v) is 7.31. The molecule has 1 heterocycles. The molecule has 2 aromatic rings. The monoisotopic (exact) mass is 413 g/mol. The van der Waals surface area contributed by atoms with Crippen LogP contribution in [0.2, 0.25) is 0 Å². The molecule has 7 heteroatoms. The van der Waals surface area contributed by atoms with Gasteiger partial charge in [-0.15, -0.1) is 10.2 Å². The lowest BCUT2D eigenvalue weighted by Crippen LogP contribution is -2.24. The van der Waals surface area contributed by atoms with Crippen LogP contribution < -0.4 is 11.2 Å². The average molecular weight is 414 g/mol. The molecule has 6 nitrogen and oxygen atoms in total. The minimum atomic E-state index is -0.305. The number of nitrogens with two attached hydrogens (primary N) is 1. The van der Waals surface area contributed by atoms with Crippen LogP contribution in [0, 0.1) is 5.92 Å². The Labute approximate surface area is 177 Å². The van der Waals surface area contributed by atoms with E-state index in [1.807, 2.05) is 13.0 Å². The molecule has 0 aliphatic heterocycles.